The fraction of sp³-hybridized carbons (Fsp3) is 0.800. The molecule has 0 heterocycles. The minimum atomic E-state index is -0.909. The molecule has 0 rings (SSSR count). The van der Waals surface area contributed by atoms with Crippen LogP contribution in [-0.4, -0.2) is 22.2 Å². The van der Waals surface area contributed by atoms with Gasteiger partial charge in [-0.3, -0.25) is 9.59 Å². The van der Waals surface area contributed by atoms with Crippen LogP contribution in [0.4, 0.5) is 0 Å². The van der Waals surface area contributed by atoms with Gasteiger partial charge in [0.15, 0.2) is 0 Å². The summed E-state index contributed by atoms with van der Waals surface area (Å²) < 4.78 is 0. The molecule has 0 aromatic heterocycles. The fourth-order valence-electron chi connectivity index (χ4n) is 1.45. The second kappa shape index (κ2) is 7.35. The topological polar surface area (TPSA) is 74.6 Å². The minimum absolute atomic E-state index is 0.0317. The van der Waals surface area contributed by atoms with Crippen molar-refractivity contribution in [2.24, 2.45) is 5.92 Å². The maximum atomic E-state index is 10.4. The lowest BCUT2D eigenvalue weighted by Crippen LogP contribution is -2.12. The van der Waals surface area contributed by atoms with Gasteiger partial charge in [-0.1, -0.05) is 26.2 Å². The first-order chi connectivity index (χ1) is 6.56. The van der Waals surface area contributed by atoms with Crippen LogP contribution in [-0.2, 0) is 9.59 Å². The number of aliphatic carboxylic acids is 2. The van der Waals surface area contributed by atoms with Crippen LogP contribution in [0.5, 0.6) is 0 Å². The Labute approximate surface area is 83.9 Å². The normalized spacial score (nSPS) is 10.4. The largest absolute Gasteiger partial charge is 0.481 e. The van der Waals surface area contributed by atoms with Gasteiger partial charge in [-0.05, 0) is 12.3 Å². The minimum Gasteiger partial charge on any atom is -0.481 e. The first-order valence-electron chi connectivity index (χ1n) is 4.99. The maximum absolute atomic E-state index is 10.4. The van der Waals surface area contributed by atoms with Crippen molar-refractivity contribution in [2.45, 2.75) is 45.4 Å². The molecule has 2 N–H and O–H groups in total. The highest BCUT2D eigenvalue weighted by molar-refractivity contribution is 5.70. The van der Waals surface area contributed by atoms with E-state index in [1.54, 1.807) is 0 Å². The number of hydrogen-bond donors (Lipinski definition) is 2. The van der Waals surface area contributed by atoms with Crippen LogP contribution in [0.3, 0.4) is 0 Å². The highest BCUT2D eigenvalue weighted by atomic mass is 16.4. The van der Waals surface area contributed by atoms with Crippen LogP contribution in [0, 0.1) is 5.92 Å². The molecule has 0 saturated heterocycles. The van der Waals surface area contributed by atoms with Crippen molar-refractivity contribution in [3.05, 3.63) is 0 Å². The standard InChI is InChI=1S/C10H18O4/c1-2-3-4-5-8(6-9(11)12)7-10(13)14/h8H,2-7H2,1H3,(H,11,12)(H,13,14). The smallest absolute Gasteiger partial charge is 0.303 e. The van der Waals surface area contributed by atoms with Crippen LogP contribution in [0.15, 0.2) is 0 Å². The van der Waals surface area contributed by atoms with Gasteiger partial charge in [0.25, 0.3) is 0 Å². The molecular weight excluding hydrogens is 184 g/mol. The van der Waals surface area contributed by atoms with Crippen LogP contribution >= 0.6 is 0 Å². The van der Waals surface area contributed by atoms with Gasteiger partial charge < -0.3 is 10.2 Å². The summed E-state index contributed by atoms with van der Waals surface area (Å²) in [6.07, 6.45) is 3.66. The third-order valence-corrected chi connectivity index (χ3v) is 2.14. The molecule has 0 aromatic rings. The van der Waals surface area contributed by atoms with Crippen LogP contribution in [0.1, 0.15) is 45.4 Å². The van der Waals surface area contributed by atoms with E-state index in [0.717, 1.165) is 19.3 Å². The zero-order chi connectivity index (χ0) is 11.0. The van der Waals surface area contributed by atoms with E-state index in [9.17, 15) is 9.59 Å². The van der Waals surface area contributed by atoms with E-state index in [1.807, 2.05) is 0 Å². The Balaban J connectivity index is 3.84. The third-order valence-electron chi connectivity index (χ3n) is 2.14. The molecule has 0 atom stereocenters. The van der Waals surface area contributed by atoms with Gasteiger partial charge in [0.2, 0.25) is 0 Å². The van der Waals surface area contributed by atoms with Crippen molar-refractivity contribution < 1.29 is 19.8 Å². The Morgan fingerprint density at radius 3 is 1.93 bits per heavy atom. The van der Waals surface area contributed by atoms with Gasteiger partial charge in [-0.2, -0.15) is 0 Å². The Morgan fingerprint density at radius 2 is 1.57 bits per heavy atom. The lowest BCUT2D eigenvalue weighted by molar-refractivity contribution is -0.140. The zero-order valence-electron chi connectivity index (χ0n) is 8.53. The zero-order valence-corrected chi connectivity index (χ0v) is 8.53. The molecule has 0 spiro atoms. The molecule has 4 nitrogen and oxygen atoms in total. The summed E-state index contributed by atoms with van der Waals surface area (Å²) in [6, 6.07) is 0. The summed E-state index contributed by atoms with van der Waals surface area (Å²) in [5, 5.41) is 17.1. The quantitative estimate of drug-likeness (QED) is 0.591. The predicted octanol–water partition coefficient (Wildman–Crippen LogP) is 2.13. The van der Waals surface area contributed by atoms with Gasteiger partial charge in [-0.15, -0.1) is 0 Å². The lowest BCUT2D eigenvalue weighted by atomic mass is 9.95. The second-order valence-electron chi connectivity index (χ2n) is 3.56. The van der Waals surface area contributed by atoms with Gasteiger partial charge in [0.05, 0.1) is 0 Å². The van der Waals surface area contributed by atoms with Crippen LogP contribution < -0.4 is 0 Å². The van der Waals surface area contributed by atoms with Gasteiger partial charge >= 0.3 is 11.9 Å². The molecule has 0 bridgehead atoms. The molecular formula is C10H18O4. The molecule has 0 unspecified atom stereocenters. The van der Waals surface area contributed by atoms with E-state index < -0.39 is 11.9 Å². The number of carbonyl (C=O) groups is 2. The summed E-state index contributed by atoms with van der Waals surface area (Å²) in [5.41, 5.74) is 0. The van der Waals surface area contributed by atoms with E-state index in [0.29, 0.717) is 6.42 Å². The maximum Gasteiger partial charge on any atom is 0.303 e. The summed E-state index contributed by atoms with van der Waals surface area (Å²) in [5.74, 6) is -2.03. The number of carboxylic acid groups (broad SMARTS) is 2. The van der Waals surface area contributed by atoms with Crippen LogP contribution in [0.25, 0.3) is 0 Å². The van der Waals surface area contributed by atoms with Gasteiger partial charge in [0.1, 0.15) is 0 Å². The monoisotopic (exact) mass is 202 g/mol. The van der Waals surface area contributed by atoms with E-state index in [1.165, 1.54) is 0 Å². The first kappa shape index (κ1) is 12.9. The molecule has 0 aliphatic heterocycles. The highest BCUT2D eigenvalue weighted by Crippen LogP contribution is 2.17. The molecule has 14 heavy (non-hydrogen) atoms. The highest BCUT2D eigenvalue weighted by Gasteiger charge is 2.16. The predicted molar refractivity (Wildman–Crippen MR) is 52.1 cm³/mol. The first-order valence-corrected chi connectivity index (χ1v) is 4.99. The number of hydrogen-bond acceptors (Lipinski definition) is 2. The average Bonchev–Trinajstić information content (AvgIpc) is 2.02. The molecule has 0 saturated carbocycles. The molecule has 0 aliphatic carbocycles. The van der Waals surface area contributed by atoms with Gasteiger partial charge in [0, 0.05) is 12.8 Å². The van der Waals surface area contributed by atoms with E-state index in [-0.39, 0.29) is 18.8 Å². The second-order valence-corrected chi connectivity index (χ2v) is 3.56. The SMILES string of the molecule is CCCCCC(CC(=O)O)CC(=O)O. The molecule has 0 radical (unpaired) electrons. The fourth-order valence-corrected chi connectivity index (χ4v) is 1.45. The van der Waals surface area contributed by atoms with Gasteiger partial charge in [-0.25, -0.2) is 0 Å². The number of rotatable bonds is 8. The molecule has 4 heteroatoms. The molecule has 0 aromatic carbocycles. The Bertz CT molecular complexity index is 173. The van der Waals surface area contributed by atoms with Crippen molar-refractivity contribution in [3.63, 3.8) is 0 Å². The molecule has 0 amide bonds. The van der Waals surface area contributed by atoms with Crippen molar-refractivity contribution in [3.8, 4) is 0 Å². The summed E-state index contributed by atoms with van der Waals surface area (Å²) in [6.45, 7) is 2.06. The lowest BCUT2D eigenvalue weighted by Gasteiger charge is -2.11. The molecule has 0 fully saturated rings. The number of carboxylic acids is 2. The number of unbranched alkanes of at least 4 members (excludes halogenated alkanes) is 2. The van der Waals surface area contributed by atoms with E-state index in [2.05, 4.69) is 6.92 Å². The van der Waals surface area contributed by atoms with Crippen molar-refractivity contribution in [1.29, 1.82) is 0 Å². The molecule has 82 valence electrons. The van der Waals surface area contributed by atoms with Crippen molar-refractivity contribution in [2.75, 3.05) is 0 Å². The van der Waals surface area contributed by atoms with Crippen molar-refractivity contribution in [1.82, 2.24) is 0 Å². The Kier molecular flexibility index (Phi) is 6.80. The van der Waals surface area contributed by atoms with Crippen molar-refractivity contribution >= 4 is 11.9 Å². The van der Waals surface area contributed by atoms with E-state index in [4.69, 9.17) is 10.2 Å². The Morgan fingerprint density at radius 1 is 1.07 bits per heavy atom. The summed E-state index contributed by atoms with van der Waals surface area (Å²) in [7, 11) is 0. The van der Waals surface area contributed by atoms with Crippen LogP contribution in [0.2, 0.25) is 0 Å². The average molecular weight is 202 g/mol. The van der Waals surface area contributed by atoms with E-state index >= 15 is 0 Å². The molecule has 0 aliphatic rings. The summed E-state index contributed by atoms with van der Waals surface area (Å²) >= 11 is 0. The third kappa shape index (κ3) is 7.58. The summed E-state index contributed by atoms with van der Waals surface area (Å²) in [4.78, 5) is 20.9. The Hall–Kier alpha value is -1.06.